The minimum Gasteiger partial charge on any atom is -0.479 e. The fraction of sp³-hybridized carbons (Fsp3) is 0.500. The number of amides is 2. The lowest BCUT2D eigenvalue weighted by atomic mass is 10.0. The van der Waals surface area contributed by atoms with Gasteiger partial charge in [-0.15, -0.1) is 0 Å². The van der Waals surface area contributed by atoms with Crippen LogP contribution in [-0.2, 0) is 9.59 Å². The summed E-state index contributed by atoms with van der Waals surface area (Å²) < 4.78 is 5.49. The molecular formula is C16H21N3O3. The largest absolute Gasteiger partial charge is 0.479 e. The van der Waals surface area contributed by atoms with E-state index in [1.807, 2.05) is 0 Å². The lowest BCUT2D eigenvalue weighted by Crippen LogP contribution is -2.34. The fourth-order valence-electron chi connectivity index (χ4n) is 2.81. The molecule has 2 aliphatic rings. The summed E-state index contributed by atoms with van der Waals surface area (Å²) in [7, 11) is 0. The predicted molar refractivity (Wildman–Crippen MR) is 84.0 cm³/mol. The van der Waals surface area contributed by atoms with Gasteiger partial charge in [0.05, 0.1) is 5.69 Å². The van der Waals surface area contributed by atoms with E-state index in [-0.39, 0.29) is 11.8 Å². The van der Waals surface area contributed by atoms with Gasteiger partial charge in [-0.2, -0.15) is 0 Å². The van der Waals surface area contributed by atoms with Gasteiger partial charge >= 0.3 is 0 Å². The van der Waals surface area contributed by atoms with Crippen molar-refractivity contribution in [1.82, 2.24) is 5.32 Å². The Morgan fingerprint density at radius 2 is 2.32 bits per heavy atom. The average Bonchev–Trinajstić information content (AvgIpc) is 3.00. The number of carbonyl (C=O) groups is 2. The highest BCUT2D eigenvalue weighted by Gasteiger charge is 2.23. The molecule has 2 aliphatic heterocycles. The van der Waals surface area contributed by atoms with E-state index in [1.165, 1.54) is 0 Å². The van der Waals surface area contributed by atoms with Crippen LogP contribution in [0.2, 0.25) is 0 Å². The first-order valence-corrected chi connectivity index (χ1v) is 7.74. The van der Waals surface area contributed by atoms with Crippen molar-refractivity contribution in [3.05, 3.63) is 18.2 Å². The molecule has 3 rings (SSSR count). The standard InChI is InChI=1S/C16H21N3O3/c1-10-16(21)19-13-8-12(3-4-14(13)22-10)18-15(20)5-2-11-6-7-17-9-11/h3-4,8,10-11,17H,2,5-7,9H2,1H3,(H,18,20)(H,19,21). The number of anilines is 2. The molecule has 2 atom stereocenters. The van der Waals surface area contributed by atoms with Gasteiger partial charge in [0.2, 0.25) is 5.91 Å². The maximum Gasteiger partial charge on any atom is 0.265 e. The maximum absolute atomic E-state index is 12.0. The van der Waals surface area contributed by atoms with Gasteiger partial charge in [0.15, 0.2) is 6.10 Å². The first kappa shape index (κ1) is 14.8. The van der Waals surface area contributed by atoms with E-state index in [0.29, 0.717) is 29.5 Å². The highest BCUT2D eigenvalue weighted by atomic mass is 16.5. The van der Waals surface area contributed by atoms with Gasteiger partial charge in [-0.25, -0.2) is 0 Å². The molecule has 118 valence electrons. The van der Waals surface area contributed by atoms with Crippen LogP contribution in [0.4, 0.5) is 11.4 Å². The smallest absolute Gasteiger partial charge is 0.265 e. The number of benzene rings is 1. The molecule has 6 heteroatoms. The van der Waals surface area contributed by atoms with Crippen LogP contribution in [0.1, 0.15) is 26.2 Å². The summed E-state index contributed by atoms with van der Waals surface area (Å²) >= 11 is 0. The highest BCUT2D eigenvalue weighted by molar-refractivity contribution is 5.99. The molecule has 0 saturated carbocycles. The lowest BCUT2D eigenvalue weighted by Gasteiger charge is -2.23. The first-order valence-electron chi connectivity index (χ1n) is 7.74. The summed E-state index contributed by atoms with van der Waals surface area (Å²) in [5, 5.41) is 8.95. The van der Waals surface area contributed by atoms with Crippen molar-refractivity contribution in [3.63, 3.8) is 0 Å². The minimum atomic E-state index is -0.493. The molecule has 1 aromatic rings. The normalized spacial score (nSPS) is 23.4. The zero-order valence-electron chi connectivity index (χ0n) is 12.6. The molecular weight excluding hydrogens is 282 g/mol. The fourth-order valence-corrected chi connectivity index (χ4v) is 2.81. The molecule has 3 N–H and O–H groups in total. The van der Waals surface area contributed by atoms with Crippen molar-refractivity contribution in [2.45, 2.75) is 32.3 Å². The Labute approximate surface area is 129 Å². The number of hydrogen-bond acceptors (Lipinski definition) is 4. The zero-order chi connectivity index (χ0) is 15.5. The molecule has 0 aliphatic carbocycles. The van der Waals surface area contributed by atoms with Crippen molar-refractivity contribution in [3.8, 4) is 5.75 Å². The van der Waals surface area contributed by atoms with E-state index in [4.69, 9.17) is 4.74 Å². The van der Waals surface area contributed by atoms with Gasteiger partial charge in [-0.1, -0.05) is 0 Å². The Bertz CT molecular complexity index is 582. The molecule has 1 fully saturated rings. The van der Waals surface area contributed by atoms with Crippen LogP contribution < -0.4 is 20.7 Å². The third kappa shape index (κ3) is 3.39. The lowest BCUT2D eigenvalue weighted by molar-refractivity contribution is -0.122. The maximum atomic E-state index is 12.0. The van der Waals surface area contributed by atoms with E-state index in [9.17, 15) is 9.59 Å². The van der Waals surface area contributed by atoms with Gasteiger partial charge in [0.25, 0.3) is 5.91 Å². The monoisotopic (exact) mass is 303 g/mol. The SMILES string of the molecule is CC1Oc2ccc(NC(=O)CCC3CCNC3)cc2NC1=O. The van der Waals surface area contributed by atoms with E-state index in [0.717, 1.165) is 25.9 Å². The van der Waals surface area contributed by atoms with Crippen molar-refractivity contribution in [2.75, 3.05) is 23.7 Å². The summed E-state index contributed by atoms with van der Waals surface area (Å²) in [5.41, 5.74) is 1.27. The van der Waals surface area contributed by atoms with Crippen LogP contribution in [0.5, 0.6) is 5.75 Å². The van der Waals surface area contributed by atoms with Crippen LogP contribution in [0.15, 0.2) is 18.2 Å². The van der Waals surface area contributed by atoms with Crippen LogP contribution in [0.25, 0.3) is 0 Å². The first-order chi connectivity index (χ1) is 10.6. The minimum absolute atomic E-state index is 0.00303. The second-order valence-electron chi connectivity index (χ2n) is 5.91. The van der Waals surface area contributed by atoms with Gasteiger partial charge < -0.3 is 20.7 Å². The molecule has 2 heterocycles. The van der Waals surface area contributed by atoms with Gasteiger partial charge in [0, 0.05) is 12.1 Å². The van der Waals surface area contributed by atoms with Gasteiger partial charge in [-0.05, 0) is 57.0 Å². The molecule has 6 nitrogen and oxygen atoms in total. The number of ether oxygens (including phenoxy) is 1. The Morgan fingerprint density at radius 1 is 1.45 bits per heavy atom. The topological polar surface area (TPSA) is 79.5 Å². The summed E-state index contributed by atoms with van der Waals surface area (Å²) in [5.74, 6) is 1.05. The summed E-state index contributed by atoms with van der Waals surface area (Å²) in [6.07, 6.45) is 2.07. The van der Waals surface area contributed by atoms with Crippen LogP contribution in [-0.4, -0.2) is 31.0 Å². The van der Waals surface area contributed by atoms with Crippen molar-refractivity contribution in [1.29, 1.82) is 0 Å². The predicted octanol–water partition coefficient (Wildman–Crippen LogP) is 1.73. The molecule has 0 aromatic heterocycles. The Hall–Kier alpha value is -2.08. The number of carbonyl (C=O) groups excluding carboxylic acids is 2. The van der Waals surface area contributed by atoms with Crippen LogP contribution in [0, 0.1) is 5.92 Å². The summed E-state index contributed by atoms with van der Waals surface area (Å²) in [6.45, 7) is 3.76. The van der Waals surface area contributed by atoms with Gasteiger partial charge in [-0.3, -0.25) is 9.59 Å². The number of hydrogen-bond donors (Lipinski definition) is 3. The van der Waals surface area contributed by atoms with Crippen molar-refractivity contribution >= 4 is 23.2 Å². The number of rotatable bonds is 4. The molecule has 2 unspecified atom stereocenters. The Morgan fingerprint density at radius 3 is 3.09 bits per heavy atom. The third-order valence-corrected chi connectivity index (χ3v) is 4.14. The summed E-state index contributed by atoms with van der Waals surface area (Å²) in [4.78, 5) is 23.6. The Balaban J connectivity index is 1.57. The number of fused-ring (bicyclic) bond motifs is 1. The molecule has 1 saturated heterocycles. The van der Waals surface area contributed by atoms with Crippen LogP contribution in [0.3, 0.4) is 0 Å². The van der Waals surface area contributed by atoms with Gasteiger partial charge in [0.1, 0.15) is 5.75 Å². The summed E-state index contributed by atoms with van der Waals surface area (Å²) in [6, 6.07) is 5.29. The molecule has 2 amide bonds. The van der Waals surface area contributed by atoms with E-state index in [1.54, 1.807) is 25.1 Å². The highest BCUT2D eigenvalue weighted by Crippen LogP contribution is 2.32. The van der Waals surface area contributed by atoms with Crippen molar-refractivity contribution in [2.24, 2.45) is 5.92 Å². The zero-order valence-corrected chi connectivity index (χ0v) is 12.6. The molecule has 0 spiro atoms. The number of nitrogens with one attached hydrogen (secondary N) is 3. The second-order valence-corrected chi connectivity index (χ2v) is 5.91. The third-order valence-electron chi connectivity index (χ3n) is 4.14. The Kier molecular flexibility index (Phi) is 4.29. The van der Waals surface area contributed by atoms with E-state index < -0.39 is 6.10 Å². The van der Waals surface area contributed by atoms with Crippen LogP contribution >= 0.6 is 0 Å². The average molecular weight is 303 g/mol. The quantitative estimate of drug-likeness (QED) is 0.791. The molecule has 0 radical (unpaired) electrons. The van der Waals surface area contributed by atoms with E-state index >= 15 is 0 Å². The second kappa shape index (κ2) is 6.36. The van der Waals surface area contributed by atoms with Crippen molar-refractivity contribution < 1.29 is 14.3 Å². The molecule has 22 heavy (non-hydrogen) atoms. The van der Waals surface area contributed by atoms with E-state index in [2.05, 4.69) is 16.0 Å². The molecule has 1 aromatic carbocycles. The molecule has 0 bridgehead atoms.